The van der Waals surface area contributed by atoms with E-state index in [-0.39, 0.29) is 17.7 Å². The lowest BCUT2D eigenvalue weighted by Gasteiger charge is -2.51. The van der Waals surface area contributed by atoms with E-state index in [4.69, 9.17) is 11.6 Å². The SMILES string of the molecule is O=C1C2C3c4ccccc4C(Br)(c4ccccc43)C2C(=O)N1c1cccc(Cl)c1. The van der Waals surface area contributed by atoms with Crippen LogP contribution in [0.1, 0.15) is 28.2 Å². The number of carbonyl (C=O) groups is 2. The van der Waals surface area contributed by atoms with Crippen molar-refractivity contribution >= 4 is 45.0 Å². The number of nitrogens with zero attached hydrogens (tertiary/aromatic N) is 1. The topological polar surface area (TPSA) is 37.4 Å². The zero-order valence-corrected chi connectivity index (χ0v) is 17.5. The number of imide groups is 1. The number of halogens is 2. The third kappa shape index (κ3) is 2.03. The molecule has 3 aromatic rings. The minimum Gasteiger partial charge on any atom is -0.274 e. The van der Waals surface area contributed by atoms with E-state index >= 15 is 0 Å². The second kappa shape index (κ2) is 5.80. The van der Waals surface area contributed by atoms with Crippen molar-refractivity contribution in [2.75, 3.05) is 4.90 Å². The van der Waals surface area contributed by atoms with Gasteiger partial charge in [0.1, 0.15) is 0 Å². The van der Waals surface area contributed by atoms with Gasteiger partial charge in [-0.2, -0.15) is 0 Å². The Balaban J connectivity index is 1.63. The van der Waals surface area contributed by atoms with Gasteiger partial charge in [-0.25, -0.2) is 4.90 Å². The molecule has 2 amide bonds. The zero-order valence-electron chi connectivity index (χ0n) is 15.2. The van der Waals surface area contributed by atoms with Gasteiger partial charge >= 0.3 is 0 Å². The highest BCUT2D eigenvalue weighted by atomic mass is 79.9. The van der Waals surface area contributed by atoms with E-state index in [1.807, 2.05) is 24.3 Å². The molecular formula is C24H15BrClNO2. The Kier molecular flexibility index (Phi) is 3.49. The first kappa shape index (κ1) is 17.4. The Hall–Kier alpha value is -2.43. The average molecular weight is 465 g/mol. The normalized spacial score (nSPS) is 28.9. The molecule has 1 aliphatic heterocycles. The summed E-state index contributed by atoms with van der Waals surface area (Å²) in [6.45, 7) is 0. The number of rotatable bonds is 1. The molecule has 3 aliphatic carbocycles. The van der Waals surface area contributed by atoms with Gasteiger partial charge in [0.15, 0.2) is 0 Å². The number of hydrogen-bond acceptors (Lipinski definition) is 2. The molecule has 1 saturated heterocycles. The van der Waals surface area contributed by atoms with E-state index in [2.05, 4.69) is 40.2 Å². The lowest BCUT2D eigenvalue weighted by Crippen LogP contribution is -2.50. The largest absolute Gasteiger partial charge is 0.274 e. The Morgan fingerprint density at radius 1 is 0.828 bits per heavy atom. The Morgan fingerprint density at radius 2 is 1.45 bits per heavy atom. The van der Waals surface area contributed by atoms with Crippen molar-refractivity contribution in [1.29, 1.82) is 0 Å². The predicted molar refractivity (Wildman–Crippen MR) is 115 cm³/mol. The summed E-state index contributed by atoms with van der Waals surface area (Å²) in [7, 11) is 0. The summed E-state index contributed by atoms with van der Waals surface area (Å²) >= 11 is 10.2. The fourth-order valence-corrected chi connectivity index (χ4v) is 6.94. The number of anilines is 1. The molecule has 7 rings (SSSR count). The maximum Gasteiger partial charge on any atom is 0.239 e. The summed E-state index contributed by atoms with van der Waals surface area (Å²) < 4.78 is -0.723. The van der Waals surface area contributed by atoms with Gasteiger partial charge in [0.25, 0.3) is 0 Å². The van der Waals surface area contributed by atoms with Crippen LogP contribution in [0.3, 0.4) is 0 Å². The van der Waals surface area contributed by atoms with Crippen LogP contribution in [-0.4, -0.2) is 11.8 Å². The molecule has 2 atom stereocenters. The van der Waals surface area contributed by atoms with Gasteiger partial charge in [0, 0.05) is 10.9 Å². The fraction of sp³-hybridized carbons (Fsp3) is 0.167. The summed E-state index contributed by atoms with van der Waals surface area (Å²) in [5.41, 5.74) is 4.94. The predicted octanol–water partition coefficient (Wildman–Crippen LogP) is 5.24. The molecule has 142 valence electrons. The Labute approximate surface area is 181 Å². The van der Waals surface area contributed by atoms with Crippen molar-refractivity contribution in [3.63, 3.8) is 0 Å². The van der Waals surface area contributed by atoms with Crippen LogP contribution in [0.15, 0.2) is 72.8 Å². The van der Waals surface area contributed by atoms with Gasteiger partial charge in [-0.1, -0.05) is 82.1 Å². The van der Waals surface area contributed by atoms with Crippen LogP contribution in [0, 0.1) is 11.8 Å². The van der Waals surface area contributed by atoms with Gasteiger partial charge < -0.3 is 0 Å². The van der Waals surface area contributed by atoms with Crippen LogP contribution in [0.4, 0.5) is 5.69 Å². The lowest BCUT2D eigenvalue weighted by molar-refractivity contribution is -0.122. The van der Waals surface area contributed by atoms with Crippen molar-refractivity contribution < 1.29 is 9.59 Å². The number of amides is 2. The van der Waals surface area contributed by atoms with Crippen molar-refractivity contribution in [2.24, 2.45) is 11.8 Å². The molecular weight excluding hydrogens is 450 g/mol. The first-order chi connectivity index (χ1) is 14.0. The van der Waals surface area contributed by atoms with Crippen LogP contribution in [0.2, 0.25) is 5.02 Å². The third-order valence-electron chi connectivity index (χ3n) is 6.58. The van der Waals surface area contributed by atoms with Crippen molar-refractivity contribution in [2.45, 2.75) is 10.2 Å². The molecule has 0 spiro atoms. The Morgan fingerprint density at radius 3 is 2.07 bits per heavy atom. The van der Waals surface area contributed by atoms with Crippen molar-refractivity contribution in [1.82, 2.24) is 0 Å². The van der Waals surface area contributed by atoms with E-state index in [9.17, 15) is 9.59 Å². The molecule has 5 heteroatoms. The van der Waals surface area contributed by atoms with Gasteiger partial charge in [-0.3, -0.25) is 9.59 Å². The zero-order chi connectivity index (χ0) is 19.9. The molecule has 3 aromatic carbocycles. The van der Waals surface area contributed by atoms with Gasteiger partial charge in [0.05, 0.1) is 21.8 Å². The quantitative estimate of drug-likeness (QED) is 0.365. The van der Waals surface area contributed by atoms with Crippen molar-refractivity contribution in [3.05, 3.63) is 100 Å². The summed E-state index contributed by atoms with van der Waals surface area (Å²) in [6, 6.07) is 23.3. The molecule has 0 radical (unpaired) electrons. The van der Waals surface area contributed by atoms with Crippen LogP contribution >= 0.6 is 27.5 Å². The molecule has 0 aromatic heterocycles. The van der Waals surface area contributed by atoms with E-state index < -0.39 is 16.2 Å². The summed E-state index contributed by atoms with van der Waals surface area (Å²) in [4.78, 5) is 28.7. The number of alkyl halides is 1. The van der Waals surface area contributed by atoms with E-state index in [0.29, 0.717) is 10.7 Å². The number of carbonyl (C=O) groups excluding carboxylic acids is 2. The van der Waals surface area contributed by atoms with Crippen LogP contribution in [0.5, 0.6) is 0 Å². The molecule has 1 heterocycles. The minimum atomic E-state index is -0.723. The molecule has 29 heavy (non-hydrogen) atoms. The molecule has 2 unspecified atom stereocenters. The molecule has 4 aliphatic rings. The van der Waals surface area contributed by atoms with E-state index in [1.165, 1.54) is 4.90 Å². The summed E-state index contributed by atoms with van der Waals surface area (Å²) in [5, 5.41) is 0.501. The standard InChI is InChI=1S/C24H15BrClNO2/c25-24-17-10-3-1-8-15(17)19(16-9-2-4-11-18(16)24)20-21(24)23(29)27(22(20)28)14-7-5-6-13(26)12-14/h1-12,19-21H. The fourth-order valence-electron chi connectivity index (χ4n) is 5.55. The lowest BCUT2D eigenvalue weighted by atomic mass is 9.55. The molecule has 3 nitrogen and oxygen atoms in total. The highest BCUT2D eigenvalue weighted by Gasteiger charge is 2.67. The van der Waals surface area contributed by atoms with Gasteiger partial charge in [-0.15, -0.1) is 0 Å². The maximum atomic E-state index is 13.7. The molecule has 0 saturated carbocycles. The third-order valence-corrected chi connectivity index (χ3v) is 8.16. The highest BCUT2D eigenvalue weighted by Crippen LogP contribution is 2.66. The van der Waals surface area contributed by atoms with Gasteiger partial charge in [-0.05, 0) is 40.5 Å². The number of benzene rings is 3. The van der Waals surface area contributed by atoms with Crippen molar-refractivity contribution in [3.8, 4) is 0 Å². The minimum absolute atomic E-state index is 0.132. The molecule has 2 bridgehead atoms. The Bertz CT molecular complexity index is 1180. The second-order valence-electron chi connectivity index (χ2n) is 7.86. The maximum absolute atomic E-state index is 13.7. The van der Waals surface area contributed by atoms with Gasteiger partial charge in [0.2, 0.25) is 11.8 Å². The summed E-state index contributed by atoms with van der Waals surface area (Å²) in [6.07, 6.45) is 0. The van der Waals surface area contributed by atoms with Crippen LogP contribution in [-0.2, 0) is 13.9 Å². The van der Waals surface area contributed by atoms with Crippen LogP contribution in [0.25, 0.3) is 0 Å². The van der Waals surface area contributed by atoms with Crippen LogP contribution < -0.4 is 4.90 Å². The highest BCUT2D eigenvalue weighted by molar-refractivity contribution is 9.09. The number of hydrogen-bond donors (Lipinski definition) is 0. The first-order valence-electron chi connectivity index (χ1n) is 9.54. The second-order valence-corrected chi connectivity index (χ2v) is 9.55. The molecule has 1 fully saturated rings. The smallest absolute Gasteiger partial charge is 0.239 e. The summed E-state index contributed by atoms with van der Waals surface area (Å²) in [5.74, 6) is -1.39. The molecule has 0 N–H and O–H groups in total. The van der Waals surface area contributed by atoms with E-state index in [1.54, 1.807) is 24.3 Å². The van der Waals surface area contributed by atoms with E-state index in [0.717, 1.165) is 22.3 Å². The average Bonchev–Trinajstić information content (AvgIpc) is 3.00. The first-order valence-corrected chi connectivity index (χ1v) is 10.7. The monoisotopic (exact) mass is 463 g/mol.